The maximum absolute atomic E-state index is 12.3. The van der Waals surface area contributed by atoms with E-state index in [9.17, 15) is 10.1 Å². The van der Waals surface area contributed by atoms with Gasteiger partial charge in [0.1, 0.15) is 11.9 Å². The molecule has 0 saturated heterocycles. The Morgan fingerprint density at radius 2 is 1.91 bits per heavy atom. The Hall–Kier alpha value is -3.20. The van der Waals surface area contributed by atoms with Gasteiger partial charge in [0.2, 0.25) is 0 Å². The molecule has 2 aromatic carbocycles. The number of ether oxygens (including phenoxy) is 2. The van der Waals surface area contributed by atoms with Crippen molar-refractivity contribution in [2.45, 2.75) is 78.0 Å². The van der Waals surface area contributed by atoms with Crippen molar-refractivity contribution in [1.82, 2.24) is 0 Å². The fourth-order valence-electron chi connectivity index (χ4n) is 4.58. The summed E-state index contributed by atoms with van der Waals surface area (Å²) in [4.78, 5) is 14.8. The predicted octanol–water partition coefficient (Wildman–Crippen LogP) is 6.79. The number of fused-ring (bicyclic) bond motifs is 1. The van der Waals surface area contributed by atoms with Gasteiger partial charge >= 0.3 is 6.09 Å². The van der Waals surface area contributed by atoms with Crippen LogP contribution < -0.4 is 15.0 Å². The fourth-order valence-corrected chi connectivity index (χ4v) is 4.58. The van der Waals surface area contributed by atoms with Crippen molar-refractivity contribution < 1.29 is 14.3 Å². The van der Waals surface area contributed by atoms with Gasteiger partial charge in [-0.2, -0.15) is 5.26 Å². The van der Waals surface area contributed by atoms with Crippen LogP contribution in [0, 0.1) is 16.7 Å². The lowest BCUT2D eigenvalue weighted by Gasteiger charge is -2.41. The Bertz CT molecular complexity index is 1060. The Kier molecular flexibility index (Phi) is 6.74. The first kappa shape index (κ1) is 23.9. The summed E-state index contributed by atoms with van der Waals surface area (Å²) in [7, 11) is 0. The van der Waals surface area contributed by atoms with E-state index in [1.807, 2.05) is 71.0 Å². The molecule has 0 spiro atoms. The quantitative estimate of drug-likeness (QED) is 0.513. The number of nitriles is 1. The Morgan fingerprint density at radius 1 is 1.21 bits per heavy atom. The fraction of sp³-hybridized carbons (Fsp3) is 0.500. The second kappa shape index (κ2) is 9.58. The third-order valence-electron chi connectivity index (χ3n) is 7.15. The third kappa shape index (κ3) is 4.70. The van der Waals surface area contributed by atoms with Crippen molar-refractivity contribution in [3.63, 3.8) is 0 Å². The van der Waals surface area contributed by atoms with Crippen molar-refractivity contribution in [2.75, 3.05) is 16.8 Å². The molecule has 0 aromatic heterocycles. The summed E-state index contributed by atoms with van der Waals surface area (Å²) in [5, 5.41) is 13.0. The van der Waals surface area contributed by atoms with Gasteiger partial charge in [-0.3, -0.25) is 5.32 Å². The lowest BCUT2D eigenvalue weighted by Crippen LogP contribution is -2.41. The van der Waals surface area contributed by atoms with Crippen LogP contribution in [0.2, 0.25) is 0 Å². The lowest BCUT2D eigenvalue weighted by molar-refractivity contribution is 0.0528. The highest BCUT2D eigenvalue weighted by Gasteiger charge is 2.44. The Labute approximate surface area is 202 Å². The molecule has 3 unspecified atom stereocenters. The van der Waals surface area contributed by atoms with Gasteiger partial charge in [-0.1, -0.05) is 39.0 Å². The van der Waals surface area contributed by atoms with Gasteiger partial charge in [-0.25, -0.2) is 4.79 Å². The Morgan fingerprint density at radius 3 is 2.47 bits per heavy atom. The minimum atomic E-state index is -0.460. The number of benzene rings is 2. The van der Waals surface area contributed by atoms with Crippen LogP contribution in [0.15, 0.2) is 42.5 Å². The molecular formula is C28H35N3O3. The van der Waals surface area contributed by atoms with E-state index in [0.29, 0.717) is 18.3 Å². The van der Waals surface area contributed by atoms with E-state index in [1.165, 1.54) is 6.42 Å². The van der Waals surface area contributed by atoms with Crippen molar-refractivity contribution in [3.8, 4) is 11.8 Å². The minimum Gasteiger partial charge on any atom is -0.494 e. The van der Waals surface area contributed by atoms with E-state index >= 15 is 0 Å². The number of anilines is 2. The van der Waals surface area contributed by atoms with Gasteiger partial charge in [0, 0.05) is 23.5 Å². The van der Waals surface area contributed by atoms with Crippen LogP contribution in [0.25, 0.3) is 0 Å². The van der Waals surface area contributed by atoms with E-state index < -0.39 is 6.09 Å². The number of rotatable bonds is 6. The number of nitrogens with one attached hydrogen (secondary N) is 1. The van der Waals surface area contributed by atoms with E-state index in [-0.39, 0.29) is 23.5 Å². The van der Waals surface area contributed by atoms with E-state index in [0.717, 1.165) is 35.4 Å². The van der Waals surface area contributed by atoms with Crippen LogP contribution in [-0.2, 0) is 4.74 Å². The monoisotopic (exact) mass is 461 g/mol. The van der Waals surface area contributed by atoms with Gasteiger partial charge in [0.15, 0.2) is 0 Å². The van der Waals surface area contributed by atoms with Crippen LogP contribution in [0.5, 0.6) is 5.75 Å². The number of carbonyl (C=O) groups is 1. The van der Waals surface area contributed by atoms with Gasteiger partial charge in [-0.15, -0.1) is 0 Å². The summed E-state index contributed by atoms with van der Waals surface area (Å²) in [5.74, 6) is 0.577. The topological polar surface area (TPSA) is 74.6 Å². The summed E-state index contributed by atoms with van der Waals surface area (Å²) >= 11 is 0. The molecule has 6 nitrogen and oxygen atoms in total. The first-order valence-corrected chi connectivity index (χ1v) is 12.2. The molecule has 180 valence electrons. The number of hydrogen-bond acceptors (Lipinski definition) is 5. The van der Waals surface area contributed by atoms with Crippen LogP contribution in [0.3, 0.4) is 0 Å². The van der Waals surface area contributed by atoms with E-state index in [1.54, 1.807) is 0 Å². The lowest BCUT2D eigenvalue weighted by atomic mass is 9.87. The number of hydrogen-bond donors (Lipinski definition) is 1. The molecule has 1 heterocycles. The second-order valence-corrected chi connectivity index (χ2v) is 10.4. The van der Waals surface area contributed by atoms with Gasteiger partial charge in [0.25, 0.3) is 0 Å². The highest BCUT2D eigenvalue weighted by molar-refractivity contribution is 5.84. The summed E-state index contributed by atoms with van der Waals surface area (Å²) in [6, 6.07) is 16.8. The largest absolute Gasteiger partial charge is 0.494 e. The molecule has 2 aromatic rings. The molecule has 1 saturated carbocycles. The van der Waals surface area contributed by atoms with Gasteiger partial charge in [-0.05, 0) is 67.9 Å². The third-order valence-corrected chi connectivity index (χ3v) is 7.15. The van der Waals surface area contributed by atoms with Gasteiger partial charge in [0.05, 0.1) is 24.6 Å². The summed E-state index contributed by atoms with van der Waals surface area (Å²) in [6.07, 6.45) is 2.80. The zero-order valence-electron chi connectivity index (χ0n) is 20.8. The van der Waals surface area contributed by atoms with Crippen molar-refractivity contribution in [1.29, 1.82) is 5.26 Å². The zero-order chi connectivity index (χ0) is 24.5. The molecule has 0 radical (unpaired) electrons. The highest BCUT2D eigenvalue weighted by Crippen LogP contribution is 2.53. The van der Waals surface area contributed by atoms with Crippen molar-refractivity contribution in [2.24, 2.45) is 5.41 Å². The molecule has 6 heteroatoms. The maximum atomic E-state index is 12.3. The average molecular weight is 462 g/mol. The van der Waals surface area contributed by atoms with Crippen molar-refractivity contribution in [3.05, 3.63) is 53.6 Å². The molecule has 2 aliphatic rings. The number of nitrogens with zero attached hydrogens (tertiary/aromatic N) is 2. The first-order chi connectivity index (χ1) is 16.2. The average Bonchev–Trinajstić information content (AvgIpc) is 3.06. The molecule has 4 rings (SSSR count). The first-order valence-electron chi connectivity index (χ1n) is 12.2. The highest BCUT2D eigenvalue weighted by atomic mass is 16.6. The summed E-state index contributed by atoms with van der Waals surface area (Å²) in [6.45, 7) is 10.6. The minimum absolute atomic E-state index is 0.0657. The SMILES string of the molecule is CCOc1ccc2c(c1)N(C1CCC1)C(c1ccc(NC(=O)OC(C)C(C)(C)C)cc1)C2C#N. The van der Waals surface area contributed by atoms with Crippen LogP contribution in [0.1, 0.15) is 77.0 Å². The van der Waals surface area contributed by atoms with E-state index in [2.05, 4.69) is 22.4 Å². The molecule has 0 bridgehead atoms. The molecule has 1 aliphatic heterocycles. The van der Waals surface area contributed by atoms with Crippen LogP contribution in [0.4, 0.5) is 16.2 Å². The Balaban J connectivity index is 1.57. The van der Waals surface area contributed by atoms with Crippen LogP contribution >= 0.6 is 0 Å². The molecule has 3 atom stereocenters. The maximum Gasteiger partial charge on any atom is 0.411 e. The standard InChI is InChI=1S/C28H35N3O3/c1-6-33-22-14-15-23-24(17-29)26(31(25(23)16-22)21-8-7-9-21)19-10-12-20(13-11-19)30-27(32)34-18(2)28(3,4)5/h10-16,18,21,24,26H,6-9H2,1-5H3,(H,30,32). The zero-order valence-corrected chi connectivity index (χ0v) is 20.8. The van der Waals surface area contributed by atoms with Crippen LogP contribution in [-0.4, -0.2) is 24.8 Å². The molecule has 34 heavy (non-hydrogen) atoms. The molecule has 1 fully saturated rings. The molecule has 1 aliphatic carbocycles. The number of carbonyl (C=O) groups excluding carboxylic acids is 1. The summed E-state index contributed by atoms with van der Waals surface area (Å²) in [5.41, 5.74) is 3.78. The van der Waals surface area contributed by atoms with Gasteiger partial charge < -0.3 is 14.4 Å². The summed E-state index contributed by atoms with van der Waals surface area (Å²) < 4.78 is 11.3. The smallest absolute Gasteiger partial charge is 0.411 e. The molecule has 1 N–H and O–H groups in total. The normalized spacial score (nSPS) is 20.6. The molecule has 1 amide bonds. The predicted molar refractivity (Wildman–Crippen MR) is 134 cm³/mol. The molecular weight excluding hydrogens is 426 g/mol. The number of amides is 1. The van der Waals surface area contributed by atoms with E-state index in [4.69, 9.17) is 9.47 Å². The van der Waals surface area contributed by atoms with Crippen molar-refractivity contribution >= 4 is 17.5 Å². The second-order valence-electron chi connectivity index (χ2n) is 10.4.